The first-order valence-corrected chi connectivity index (χ1v) is 33.3. The van der Waals surface area contributed by atoms with Crippen molar-refractivity contribution >= 4 is 17.9 Å². The molecule has 9 fully saturated rings. The molecule has 12 aliphatic carbocycles. The molecule has 0 saturated heterocycles. The van der Waals surface area contributed by atoms with Gasteiger partial charge in [-0.15, -0.1) is 0 Å². The largest absolute Gasteiger partial charge is 0.459 e. The molecule has 446 valence electrons. The highest BCUT2D eigenvalue weighted by molar-refractivity contribution is 5.71. The highest BCUT2D eigenvalue weighted by atomic mass is 16.6. The fraction of sp³-hybridized carbons (Fsp3) is 0.871. The summed E-state index contributed by atoms with van der Waals surface area (Å²) in [7, 11) is 0. The molecule has 0 amide bonds. The third-order valence-corrected chi connectivity index (χ3v) is 24.0. The van der Waals surface area contributed by atoms with Crippen LogP contribution in [0.15, 0.2) is 36.5 Å². The van der Waals surface area contributed by atoms with Crippen LogP contribution in [0.3, 0.4) is 0 Å². The molecule has 9 saturated carbocycles. The minimum Gasteiger partial charge on any atom is -0.459 e. The molecule has 12 bridgehead atoms. The Morgan fingerprint density at radius 3 is 1.38 bits per heavy atom. The van der Waals surface area contributed by atoms with Crippen molar-refractivity contribution in [2.45, 2.75) is 289 Å². The van der Waals surface area contributed by atoms with E-state index in [1.807, 2.05) is 0 Å². The summed E-state index contributed by atoms with van der Waals surface area (Å²) in [6.07, 6.45) is 45.9. The summed E-state index contributed by atoms with van der Waals surface area (Å²) in [6.45, 7) is 16.4. The first-order valence-electron chi connectivity index (χ1n) is 33.3. The van der Waals surface area contributed by atoms with E-state index in [-0.39, 0.29) is 53.8 Å². The average molecular weight is 1100 g/mol. The van der Waals surface area contributed by atoms with Crippen molar-refractivity contribution in [3.8, 4) is 0 Å². The van der Waals surface area contributed by atoms with E-state index in [1.165, 1.54) is 122 Å². The molecule has 15 unspecified atom stereocenters. The second kappa shape index (κ2) is 25.8. The molecule has 0 aromatic carbocycles. The van der Waals surface area contributed by atoms with Crippen molar-refractivity contribution in [1.82, 2.24) is 0 Å². The molecule has 9 nitrogen and oxygen atoms in total. The maximum atomic E-state index is 12.7. The summed E-state index contributed by atoms with van der Waals surface area (Å²) in [4.78, 5) is 37.3. The van der Waals surface area contributed by atoms with E-state index < -0.39 is 23.4 Å². The Morgan fingerprint density at radius 2 is 0.987 bits per heavy atom. The minimum absolute atomic E-state index is 0.103. The number of hydrogen-bond acceptors (Lipinski definition) is 9. The summed E-state index contributed by atoms with van der Waals surface area (Å²) in [5.41, 5.74) is -1.92. The van der Waals surface area contributed by atoms with Crippen LogP contribution in [-0.2, 0) is 28.6 Å². The van der Waals surface area contributed by atoms with E-state index >= 15 is 0 Å². The Bertz CT molecular complexity index is 2080. The molecule has 3 N–H and O–H groups in total. The Morgan fingerprint density at radius 1 is 0.532 bits per heavy atom. The summed E-state index contributed by atoms with van der Waals surface area (Å²) in [6, 6.07) is 0. The molecule has 79 heavy (non-hydrogen) atoms. The molecule has 0 heterocycles. The maximum absolute atomic E-state index is 12.7. The molecular weight excluding hydrogens is 985 g/mol. The number of carbonyl (C=O) groups is 3. The zero-order valence-electron chi connectivity index (χ0n) is 51.0. The van der Waals surface area contributed by atoms with Crippen LogP contribution in [0.5, 0.6) is 0 Å². The number of fused-ring (bicyclic) bond motifs is 8. The Balaban J connectivity index is 0.000000145. The van der Waals surface area contributed by atoms with Gasteiger partial charge in [-0.25, -0.2) is 0 Å². The molecule has 0 spiro atoms. The van der Waals surface area contributed by atoms with Gasteiger partial charge in [0.15, 0.2) is 0 Å². The second-order valence-electron chi connectivity index (χ2n) is 30.5. The first kappa shape index (κ1) is 61.1. The Labute approximate surface area is 479 Å². The fourth-order valence-corrected chi connectivity index (χ4v) is 19.7. The van der Waals surface area contributed by atoms with Crippen molar-refractivity contribution in [3.05, 3.63) is 36.5 Å². The standard InChI is InChI=1S/C26H40O3.C23H36O3.C21H36O3/c1-25(2,26-14-18-8-19(15-26)10-20(9-18)16-26)29-24(28)13-23(27)5-3-4-21-11-17-6-7-22(21)12-17;1-23(2,21-13-16-7-9-19(21)12-16)26-22(25)14-20(24)5-3-4-17-10-15-6-8-18(17)11-15;1-5-21(6-2,7-3)24-19(22)15-20(4,23)12-8-9-17-13-16-10-11-18(17)14-16/h6-7,17-23,27H,3-5,8-16H2,1-2H3;6,8,15-21,24H,3-5,7,9-14H2,1-2H3;10-11,16-18,23H,5-9,12-15H2,1-4H3. The lowest BCUT2D eigenvalue weighted by atomic mass is 9.46. The smallest absolute Gasteiger partial charge is 0.309 e. The second-order valence-corrected chi connectivity index (χ2v) is 30.5. The van der Waals surface area contributed by atoms with Gasteiger partial charge in [0.25, 0.3) is 0 Å². The van der Waals surface area contributed by atoms with E-state index in [9.17, 15) is 29.7 Å². The molecule has 0 radical (unpaired) electrons. The number of rotatable bonds is 26. The third kappa shape index (κ3) is 15.3. The number of esters is 3. The highest BCUT2D eigenvalue weighted by Gasteiger charge is 2.59. The number of carbonyl (C=O) groups excluding carboxylic acids is 3. The number of allylic oxidation sites excluding steroid dienone is 6. The summed E-state index contributed by atoms with van der Waals surface area (Å²) < 4.78 is 17.7. The van der Waals surface area contributed by atoms with Crippen LogP contribution in [0.4, 0.5) is 0 Å². The van der Waals surface area contributed by atoms with Crippen LogP contribution < -0.4 is 0 Å². The van der Waals surface area contributed by atoms with Gasteiger partial charge in [-0.3, -0.25) is 14.4 Å². The van der Waals surface area contributed by atoms with Gasteiger partial charge < -0.3 is 29.5 Å². The lowest BCUT2D eigenvalue weighted by molar-refractivity contribution is -0.200. The van der Waals surface area contributed by atoms with E-state index in [4.69, 9.17) is 14.2 Å². The maximum Gasteiger partial charge on any atom is 0.309 e. The van der Waals surface area contributed by atoms with E-state index in [0.29, 0.717) is 12.3 Å². The van der Waals surface area contributed by atoms with Crippen LogP contribution in [-0.4, -0.2) is 67.8 Å². The van der Waals surface area contributed by atoms with Crippen molar-refractivity contribution in [2.75, 3.05) is 0 Å². The Kier molecular flexibility index (Phi) is 19.9. The number of ether oxygens (including phenoxy) is 3. The van der Waals surface area contributed by atoms with Gasteiger partial charge in [0, 0.05) is 11.3 Å². The molecule has 0 aliphatic heterocycles. The summed E-state index contributed by atoms with van der Waals surface area (Å²) in [5, 5.41) is 31.3. The van der Waals surface area contributed by atoms with Gasteiger partial charge in [0.05, 0.1) is 37.1 Å². The monoisotopic (exact) mass is 1100 g/mol. The fourth-order valence-electron chi connectivity index (χ4n) is 19.7. The number of aliphatic hydroxyl groups is 3. The Hall–Kier alpha value is -2.49. The zero-order chi connectivity index (χ0) is 56.3. The minimum atomic E-state index is -0.953. The lowest BCUT2D eigenvalue weighted by Gasteiger charge is -2.61. The SMILES string of the molecule is CC(C)(OC(=O)CC(O)CCCC1CC2C=CC1C2)C12CC3CC(CC(C3)C1)C2.CC(C)(OC(=O)CC(O)CCCC1CC2C=CC1C2)C1CC2CCC1C2.CCC(CC)(CC)OC(=O)CC(C)(O)CCCC1CC2C=CC1C2. The lowest BCUT2D eigenvalue weighted by Crippen LogP contribution is -2.57. The van der Waals surface area contributed by atoms with Crippen molar-refractivity contribution in [2.24, 2.45) is 94.2 Å². The van der Waals surface area contributed by atoms with Gasteiger partial charge in [-0.1, -0.05) is 82.9 Å². The van der Waals surface area contributed by atoms with Crippen LogP contribution in [0, 0.1) is 94.2 Å². The normalized spacial score (nSPS) is 37.2. The predicted octanol–water partition coefficient (Wildman–Crippen LogP) is 15.6. The highest BCUT2D eigenvalue weighted by Crippen LogP contribution is 2.64. The van der Waals surface area contributed by atoms with Crippen LogP contribution in [0.25, 0.3) is 0 Å². The molecule has 15 atom stereocenters. The molecule has 12 rings (SSSR count). The van der Waals surface area contributed by atoms with Gasteiger partial charge in [-0.2, -0.15) is 0 Å². The van der Waals surface area contributed by atoms with Crippen LogP contribution >= 0.6 is 0 Å². The quantitative estimate of drug-likeness (QED) is 0.0439. The molecule has 12 aliphatic rings. The third-order valence-electron chi connectivity index (χ3n) is 24.0. The van der Waals surface area contributed by atoms with E-state index in [1.54, 1.807) is 6.92 Å². The van der Waals surface area contributed by atoms with E-state index in [0.717, 1.165) is 134 Å². The first-order chi connectivity index (χ1) is 37.5. The average Bonchev–Trinajstić information content (AvgIpc) is 4.48. The van der Waals surface area contributed by atoms with Crippen LogP contribution in [0.2, 0.25) is 0 Å². The predicted molar refractivity (Wildman–Crippen MR) is 314 cm³/mol. The molecule has 0 aromatic rings. The van der Waals surface area contributed by atoms with Gasteiger partial charge in [0.2, 0.25) is 0 Å². The summed E-state index contributed by atoms with van der Waals surface area (Å²) >= 11 is 0. The number of aliphatic hydroxyl groups excluding tert-OH is 2. The van der Waals surface area contributed by atoms with E-state index in [2.05, 4.69) is 84.9 Å². The van der Waals surface area contributed by atoms with Gasteiger partial charge >= 0.3 is 17.9 Å². The van der Waals surface area contributed by atoms with Crippen LogP contribution in [0.1, 0.15) is 254 Å². The van der Waals surface area contributed by atoms with Gasteiger partial charge in [-0.05, 0) is 272 Å². The topological polar surface area (TPSA) is 140 Å². The molecular formula is C70H112O9. The van der Waals surface area contributed by atoms with Crippen molar-refractivity contribution in [3.63, 3.8) is 0 Å². The molecule has 0 aromatic heterocycles. The van der Waals surface area contributed by atoms with Crippen molar-refractivity contribution < 1.29 is 43.9 Å². The van der Waals surface area contributed by atoms with Crippen molar-refractivity contribution in [1.29, 1.82) is 0 Å². The van der Waals surface area contributed by atoms with Gasteiger partial charge in [0.1, 0.15) is 16.8 Å². The summed E-state index contributed by atoms with van der Waals surface area (Å²) in [5.74, 6) is 11.2. The number of hydrogen-bond donors (Lipinski definition) is 3. The zero-order valence-corrected chi connectivity index (χ0v) is 51.0. The molecule has 9 heteroatoms.